The second-order valence-corrected chi connectivity index (χ2v) is 5.80. The van der Waals surface area contributed by atoms with Crippen LogP contribution >= 0.6 is 11.8 Å². The highest BCUT2D eigenvalue weighted by Gasteiger charge is 2.17. The van der Waals surface area contributed by atoms with Crippen LogP contribution in [0.3, 0.4) is 0 Å². The fraction of sp³-hybridized carbons (Fsp3) is 0.583. The summed E-state index contributed by atoms with van der Waals surface area (Å²) < 4.78 is 0. The molecule has 2 rings (SSSR count). The van der Waals surface area contributed by atoms with Gasteiger partial charge in [0.15, 0.2) is 0 Å². The number of anilines is 1. The SMILES string of the molecule is CC1CN(c2ccc([C@@H](C)O)cn2)CCS1. The lowest BCUT2D eigenvalue weighted by atomic mass is 10.2. The van der Waals surface area contributed by atoms with Crippen LogP contribution in [0.4, 0.5) is 5.82 Å². The van der Waals surface area contributed by atoms with Crippen LogP contribution in [0.15, 0.2) is 18.3 Å². The van der Waals surface area contributed by atoms with E-state index in [9.17, 15) is 5.11 Å². The summed E-state index contributed by atoms with van der Waals surface area (Å²) in [5.74, 6) is 2.19. The molecule has 0 radical (unpaired) electrons. The average Bonchev–Trinajstić information content (AvgIpc) is 2.29. The third-order valence-electron chi connectivity index (χ3n) is 2.82. The highest BCUT2D eigenvalue weighted by atomic mass is 32.2. The van der Waals surface area contributed by atoms with Crippen LogP contribution in [0.5, 0.6) is 0 Å². The summed E-state index contributed by atoms with van der Waals surface area (Å²) >= 11 is 2.02. The van der Waals surface area contributed by atoms with Gasteiger partial charge in [-0.2, -0.15) is 11.8 Å². The van der Waals surface area contributed by atoms with Gasteiger partial charge in [-0.3, -0.25) is 0 Å². The van der Waals surface area contributed by atoms with Gasteiger partial charge < -0.3 is 10.0 Å². The molecule has 2 atom stereocenters. The first-order valence-electron chi connectivity index (χ1n) is 5.67. The van der Waals surface area contributed by atoms with E-state index in [1.807, 2.05) is 23.9 Å². The fourth-order valence-electron chi connectivity index (χ4n) is 1.86. The van der Waals surface area contributed by atoms with Gasteiger partial charge in [0.05, 0.1) is 6.10 Å². The molecule has 1 N–H and O–H groups in total. The Hall–Kier alpha value is -0.740. The van der Waals surface area contributed by atoms with Crippen LogP contribution in [0.25, 0.3) is 0 Å². The molecule has 0 spiro atoms. The highest BCUT2D eigenvalue weighted by Crippen LogP contribution is 2.23. The monoisotopic (exact) mass is 238 g/mol. The molecule has 1 aliphatic heterocycles. The lowest BCUT2D eigenvalue weighted by Gasteiger charge is -2.31. The van der Waals surface area contributed by atoms with Gasteiger partial charge in [0, 0.05) is 30.3 Å². The number of pyridine rings is 1. The largest absolute Gasteiger partial charge is 0.389 e. The van der Waals surface area contributed by atoms with Crippen LogP contribution in [0.1, 0.15) is 25.5 Å². The summed E-state index contributed by atoms with van der Waals surface area (Å²) in [6.45, 7) is 6.14. The van der Waals surface area contributed by atoms with Crippen molar-refractivity contribution in [2.24, 2.45) is 0 Å². The fourth-order valence-corrected chi connectivity index (χ4v) is 2.87. The first kappa shape index (κ1) is 11.7. The molecule has 0 aromatic carbocycles. The molecule has 3 nitrogen and oxygen atoms in total. The molecule has 1 aromatic heterocycles. The average molecular weight is 238 g/mol. The van der Waals surface area contributed by atoms with E-state index < -0.39 is 6.10 Å². The Balaban J connectivity index is 2.09. The molecule has 16 heavy (non-hydrogen) atoms. The van der Waals surface area contributed by atoms with E-state index in [1.165, 1.54) is 5.75 Å². The van der Waals surface area contributed by atoms with Crippen LogP contribution in [0, 0.1) is 0 Å². The minimum atomic E-state index is -0.433. The van der Waals surface area contributed by atoms with Crippen molar-refractivity contribution in [3.05, 3.63) is 23.9 Å². The summed E-state index contributed by atoms with van der Waals surface area (Å²) in [6.07, 6.45) is 1.34. The van der Waals surface area contributed by atoms with Gasteiger partial charge in [0.2, 0.25) is 0 Å². The molecule has 4 heteroatoms. The summed E-state index contributed by atoms with van der Waals surface area (Å²) in [5.41, 5.74) is 0.878. The number of thioether (sulfide) groups is 1. The maximum absolute atomic E-state index is 9.41. The Labute approximate surface area is 101 Å². The first-order valence-corrected chi connectivity index (χ1v) is 6.72. The maximum Gasteiger partial charge on any atom is 0.128 e. The van der Waals surface area contributed by atoms with Crippen LogP contribution < -0.4 is 4.90 Å². The van der Waals surface area contributed by atoms with Crippen LogP contribution in [-0.4, -0.2) is 34.2 Å². The topological polar surface area (TPSA) is 36.4 Å². The van der Waals surface area contributed by atoms with Gasteiger partial charge in [-0.1, -0.05) is 13.0 Å². The molecule has 0 amide bonds. The van der Waals surface area contributed by atoms with Gasteiger partial charge >= 0.3 is 0 Å². The molecule has 1 fully saturated rings. The van der Waals surface area contributed by atoms with E-state index >= 15 is 0 Å². The summed E-state index contributed by atoms with van der Waals surface area (Å²) in [6, 6.07) is 3.96. The number of hydrogen-bond acceptors (Lipinski definition) is 4. The van der Waals surface area contributed by atoms with Crippen molar-refractivity contribution in [3.63, 3.8) is 0 Å². The molecule has 1 unspecified atom stereocenters. The van der Waals surface area contributed by atoms with Crippen molar-refractivity contribution < 1.29 is 5.11 Å². The van der Waals surface area contributed by atoms with Gasteiger partial charge in [-0.05, 0) is 18.6 Å². The molecular weight excluding hydrogens is 220 g/mol. The molecule has 0 aliphatic carbocycles. The predicted molar refractivity (Wildman–Crippen MR) is 69.0 cm³/mol. The van der Waals surface area contributed by atoms with Crippen LogP contribution in [-0.2, 0) is 0 Å². The van der Waals surface area contributed by atoms with Crippen molar-refractivity contribution in [1.29, 1.82) is 0 Å². The summed E-state index contributed by atoms with van der Waals surface area (Å²) in [7, 11) is 0. The number of aliphatic hydroxyl groups excluding tert-OH is 1. The number of nitrogens with zero attached hydrogens (tertiary/aromatic N) is 2. The van der Waals surface area contributed by atoms with E-state index in [4.69, 9.17) is 0 Å². The number of hydrogen-bond donors (Lipinski definition) is 1. The van der Waals surface area contributed by atoms with E-state index in [2.05, 4.69) is 16.8 Å². The molecular formula is C12H18N2OS. The Morgan fingerprint density at radius 3 is 2.94 bits per heavy atom. The van der Waals surface area contributed by atoms with Crippen molar-refractivity contribution >= 4 is 17.6 Å². The molecule has 1 saturated heterocycles. The van der Waals surface area contributed by atoms with Crippen molar-refractivity contribution in [2.75, 3.05) is 23.7 Å². The Bertz CT molecular complexity index is 339. The van der Waals surface area contributed by atoms with E-state index in [0.29, 0.717) is 5.25 Å². The summed E-state index contributed by atoms with van der Waals surface area (Å²) in [4.78, 5) is 6.73. The zero-order valence-electron chi connectivity index (χ0n) is 9.76. The normalized spacial score (nSPS) is 23.2. The zero-order chi connectivity index (χ0) is 11.5. The zero-order valence-corrected chi connectivity index (χ0v) is 10.6. The van der Waals surface area contributed by atoms with Gasteiger partial charge in [-0.15, -0.1) is 0 Å². The Morgan fingerprint density at radius 1 is 1.56 bits per heavy atom. The smallest absolute Gasteiger partial charge is 0.128 e. The van der Waals surface area contributed by atoms with Crippen molar-refractivity contribution in [3.8, 4) is 0 Å². The predicted octanol–water partition coefficient (Wildman–Crippen LogP) is 2.08. The number of rotatable bonds is 2. The third-order valence-corrected chi connectivity index (χ3v) is 3.95. The number of aliphatic hydroxyl groups is 1. The molecule has 0 saturated carbocycles. The Kier molecular flexibility index (Phi) is 3.71. The third kappa shape index (κ3) is 2.68. The van der Waals surface area contributed by atoms with E-state index in [-0.39, 0.29) is 0 Å². The summed E-state index contributed by atoms with van der Waals surface area (Å²) in [5, 5.41) is 10.1. The first-order chi connectivity index (χ1) is 7.66. The lowest BCUT2D eigenvalue weighted by Crippen LogP contribution is -2.37. The second-order valence-electron chi connectivity index (χ2n) is 4.25. The molecule has 1 aromatic rings. The minimum absolute atomic E-state index is 0.433. The van der Waals surface area contributed by atoms with Gasteiger partial charge in [0.1, 0.15) is 5.82 Å². The highest BCUT2D eigenvalue weighted by molar-refractivity contribution is 8.00. The Morgan fingerprint density at radius 2 is 2.38 bits per heavy atom. The molecule has 2 heterocycles. The van der Waals surface area contributed by atoms with E-state index in [0.717, 1.165) is 24.5 Å². The quantitative estimate of drug-likeness (QED) is 0.856. The van der Waals surface area contributed by atoms with Gasteiger partial charge in [-0.25, -0.2) is 4.98 Å². The van der Waals surface area contributed by atoms with Crippen LogP contribution in [0.2, 0.25) is 0 Å². The lowest BCUT2D eigenvalue weighted by molar-refractivity contribution is 0.199. The standard InChI is InChI=1S/C12H18N2OS/c1-9-8-14(5-6-16-9)12-4-3-11(7-13-12)10(2)15/h3-4,7,9-10,15H,5-6,8H2,1-2H3/t9?,10-/m1/s1. The molecule has 88 valence electrons. The molecule has 1 aliphatic rings. The van der Waals surface area contributed by atoms with E-state index in [1.54, 1.807) is 13.1 Å². The van der Waals surface area contributed by atoms with Gasteiger partial charge in [0.25, 0.3) is 0 Å². The van der Waals surface area contributed by atoms with Crippen molar-refractivity contribution in [1.82, 2.24) is 4.98 Å². The minimum Gasteiger partial charge on any atom is -0.389 e. The number of aromatic nitrogens is 1. The second kappa shape index (κ2) is 5.06. The van der Waals surface area contributed by atoms with Crippen molar-refractivity contribution in [2.45, 2.75) is 25.2 Å². The maximum atomic E-state index is 9.41. The molecule has 0 bridgehead atoms.